The van der Waals surface area contributed by atoms with Crippen LogP contribution in [0, 0.1) is 12.3 Å². The summed E-state index contributed by atoms with van der Waals surface area (Å²) in [5.41, 5.74) is 9.56. The summed E-state index contributed by atoms with van der Waals surface area (Å²) in [4.78, 5) is 4.34. The van der Waals surface area contributed by atoms with Crippen molar-refractivity contribution in [2.75, 3.05) is 17.6 Å². The summed E-state index contributed by atoms with van der Waals surface area (Å²) in [6.07, 6.45) is 5.83. The number of hydrogen-bond acceptors (Lipinski definition) is 3. The van der Waals surface area contributed by atoms with Gasteiger partial charge in [0.05, 0.1) is 0 Å². The number of nitrogens with two attached hydrogens (primary N) is 1. The predicted molar refractivity (Wildman–Crippen MR) is 81.3 cm³/mol. The van der Waals surface area contributed by atoms with Gasteiger partial charge in [0.15, 0.2) is 0 Å². The number of benzene rings is 1. The maximum absolute atomic E-state index is 6.03. The first kappa shape index (κ1) is 12.3. The fourth-order valence-electron chi connectivity index (χ4n) is 2.63. The minimum absolute atomic E-state index is 0.537. The van der Waals surface area contributed by atoms with Crippen LogP contribution in [0.5, 0.6) is 0 Å². The van der Waals surface area contributed by atoms with E-state index in [9.17, 15) is 0 Å². The predicted octanol–water partition coefficient (Wildman–Crippen LogP) is 3.73. The van der Waals surface area contributed by atoms with Crippen LogP contribution in [-0.4, -0.2) is 11.5 Å². The highest BCUT2D eigenvalue weighted by molar-refractivity contribution is 6.00. The number of pyridine rings is 1. The molecule has 3 N–H and O–H groups in total. The molecule has 0 spiro atoms. The van der Waals surface area contributed by atoms with E-state index in [-0.39, 0.29) is 0 Å². The van der Waals surface area contributed by atoms with Crippen LogP contribution in [0.4, 0.5) is 11.4 Å². The Labute approximate surface area is 114 Å². The third-order valence-corrected chi connectivity index (χ3v) is 4.43. The van der Waals surface area contributed by atoms with Gasteiger partial charge in [-0.25, -0.2) is 0 Å². The summed E-state index contributed by atoms with van der Waals surface area (Å²) in [6.45, 7) is 5.36. The van der Waals surface area contributed by atoms with Crippen LogP contribution in [0.2, 0.25) is 0 Å². The Morgan fingerprint density at radius 1 is 1.32 bits per heavy atom. The van der Waals surface area contributed by atoms with Gasteiger partial charge >= 0.3 is 0 Å². The van der Waals surface area contributed by atoms with Gasteiger partial charge in [-0.2, -0.15) is 0 Å². The Morgan fingerprint density at radius 3 is 2.79 bits per heavy atom. The lowest BCUT2D eigenvalue weighted by Crippen LogP contribution is -2.14. The molecule has 0 aliphatic heterocycles. The molecule has 3 nitrogen and oxygen atoms in total. The largest absolute Gasteiger partial charge is 0.398 e. The topological polar surface area (TPSA) is 50.9 Å². The average Bonchev–Trinajstić information content (AvgIpc) is 3.18. The van der Waals surface area contributed by atoms with Gasteiger partial charge < -0.3 is 11.1 Å². The molecule has 1 aromatic heterocycles. The van der Waals surface area contributed by atoms with Gasteiger partial charge in [0.2, 0.25) is 0 Å². The number of nitrogens with zero attached hydrogens (tertiary/aromatic N) is 1. The van der Waals surface area contributed by atoms with Crippen molar-refractivity contribution in [3.05, 3.63) is 30.1 Å². The van der Waals surface area contributed by atoms with E-state index in [1.165, 1.54) is 30.3 Å². The number of rotatable bonds is 4. The lowest BCUT2D eigenvalue weighted by Gasteiger charge is -2.16. The second-order valence-electron chi connectivity index (χ2n) is 5.78. The highest BCUT2D eigenvalue weighted by Crippen LogP contribution is 2.48. The molecule has 100 valence electrons. The zero-order chi connectivity index (χ0) is 13.5. The van der Waals surface area contributed by atoms with Gasteiger partial charge in [0, 0.05) is 40.6 Å². The molecule has 1 aliphatic carbocycles. The van der Waals surface area contributed by atoms with Crippen molar-refractivity contribution in [2.24, 2.45) is 5.41 Å². The molecule has 1 aliphatic rings. The fraction of sp³-hybridized carbons (Fsp3) is 0.438. The first-order chi connectivity index (χ1) is 9.13. The van der Waals surface area contributed by atoms with Crippen molar-refractivity contribution < 1.29 is 0 Å². The van der Waals surface area contributed by atoms with Crippen molar-refractivity contribution in [3.8, 4) is 0 Å². The molecule has 0 unspecified atom stereocenters. The fourth-order valence-corrected chi connectivity index (χ4v) is 2.63. The van der Waals surface area contributed by atoms with Gasteiger partial charge in [-0.1, -0.05) is 6.92 Å². The number of nitrogen functional groups attached to an aromatic ring is 1. The highest BCUT2D eigenvalue weighted by atomic mass is 14.9. The summed E-state index contributed by atoms with van der Waals surface area (Å²) in [5.74, 6) is 0. The second-order valence-corrected chi connectivity index (χ2v) is 5.78. The van der Waals surface area contributed by atoms with Crippen molar-refractivity contribution in [3.63, 3.8) is 0 Å². The summed E-state index contributed by atoms with van der Waals surface area (Å²) in [6, 6.07) is 6.16. The average molecular weight is 255 g/mol. The number of anilines is 2. The van der Waals surface area contributed by atoms with Crippen LogP contribution in [-0.2, 0) is 0 Å². The molecule has 0 amide bonds. The van der Waals surface area contributed by atoms with E-state index in [0.717, 1.165) is 23.3 Å². The Bertz CT molecular complexity index is 615. The maximum atomic E-state index is 6.03. The molecule has 3 rings (SSSR count). The Morgan fingerprint density at radius 2 is 2.11 bits per heavy atom. The lowest BCUT2D eigenvalue weighted by molar-refractivity contribution is 0.522. The molecule has 0 atom stereocenters. The van der Waals surface area contributed by atoms with Crippen LogP contribution in [0.3, 0.4) is 0 Å². The van der Waals surface area contributed by atoms with Gasteiger partial charge in [0.1, 0.15) is 0 Å². The molecule has 19 heavy (non-hydrogen) atoms. The Kier molecular flexibility index (Phi) is 2.85. The first-order valence-corrected chi connectivity index (χ1v) is 7.02. The zero-order valence-electron chi connectivity index (χ0n) is 11.7. The maximum Gasteiger partial charge on any atom is 0.0422 e. The lowest BCUT2D eigenvalue weighted by atomic mass is 10.0. The summed E-state index contributed by atoms with van der Waals surface area (Å²) >= 11 is 0. The quantitative estimate of drug-likeness (QED) is 0.818. The smallest absolute Gasteiger partial charge is 0.0422 e. The van der Waals surface area contributed by atoms with Gasteiger partial charge in [-0.15, -0.1) is 0 Å². The molecule has 3 heteroatoms. The van der Waals surface area contributed by atoms with Crippen molar-refractivity contribution >= 4 is 22.1 Å². The number of aromatic nitrogens is 1. The van der Waals surface area contributed by atoms with Crippen LogP contribution in [0.1, 0.15) is 31.9 Å². The van der Waals surface area contributed by atoms with Crippen LogP contribution < -0.4 is 11.1 Å². The molecule has 2 aromatic rings. The molecular formula is C16H21N3. The van der Waals surface area contributed by atoms with Crippen molar-refractivity contribution in [1.82, 2.24) is 4.98 Å². The monoisotopic (exact) mass is 255 g/mol. The standard InChI is InChI=1S/C16H21N3/c1-3-16(6-7-16)10-19-15-5-4-14(17)13-9-18-11(2)8-12(13)15/h4-5,8-9,19H,3,6-7,10,17H2,1-2H3. The Hall–Kier alpha value is -1.77. The van der Waals surface area contributed by atoms with Crippen LogP contribution >= 0.6 is 0 Å². The summed E-state index contributed by atoms with van der Waals surface area (Å²) < 4.78 is 0. The van der Waals surface area contributed by atoms with E-state index >= 15 is 0 Å². The SMILES string of the molecule is CCC1(CNc2ccc(N)c3cnc(C)cc23)CC1. The number of nitrogens with one attached hydrogen (secondary N) is 1. The van der Waals surface area contributed by atoms with Gasteiger partial charge in [-0.3, -0.25) is 4.98 Å². The molecule has 1 fully saturated rings. The normalized spacial score (nSPS) is 16.5. The molecule has 1 heterocycles. The molecule has 0 bridgehead atoms. The third kappa shape index (κ3) is 2.25. The summed E-state index contributed by atoms with van der Waals surface area (Å²) in [7, 11) is 0. The first-order valence-electron chi connectivity index (χ1n) is 7.02. The van der Waals surface area contributed by atoms with E-state index in [1.807, 2.05) is 19.2 Å². The van der Waals surface area contributed by atoms with Gasteiger partial charge in [-0.05, 0) is 49.8 Å². The van der Waals surface area contributed by atoms with E-state index in [4.69, 9.17) is 5.73 Å². The van der Waals surface area contributed by atoms with Gasteiger partial charge in [0.25, 0.3) is 0 Å². The highest BCUT2D eigenvalue weighted by Gasteiger charge is 2.40. The van der Waals surface area contributed by atoms with Crippen molar-refractivity contribution in [2.45, 2.75) is 33.1 Å². The van der Waals surface area contributed by atoms with E-state index < -0.39 is 0 Å². The number of aryl methyl sites for hydroxylation is 1. The van der Waals surface area contributed by atoms with E-state index in [0.29, 0.717) is 5.41 Å². The number of hydrogen-bond donors (Lipinski definition) is 2. The molecule has 0 radical (unpaired) electrons. The minimum Gasteiger partial charge on any atom is -0.398 e. The molecular weight excluding hydrogens is 234 g/mol. The van der Waals surface area contributed by atoms with Crippen LogP contribution in [0.15, 0.2) is 24.4 Å². The van der Waals surface area contributed by atoms with Crippen molar-refractivity contribution in [1.29, 1.82) is 0 Å². The number of fused-ring (bicyclic) bond motifs is 1. The minimum atomic E-state index is 0.537. The van der Waals surface area contributed by atoms with E-state index in [2.05, 4.69) is 29.4 Å². The molecule has 0 saturated heterocycles. The second kappa shape index (κ2) is 4.41. The summed E-state index contributed by atoms with van der Waals surface area (Å²) in [5, 5.41) is 5.83. The third-order valence-electron chi connectivity index (χ3n) is 4.43. The van der Waals surface area contributed by atoms with Crippen LogP contribution in [0.25, 0.3) is 10.8 Å². The molecule has 1 saturated carbocycles. The zero-order valence-corrected chi connectivity index (χ0v) is 11.7. The molecule has 1 aromatic carbocycles. The Balaban J connectivity index is 1.94. The van der Waals surface area contributed by atoms with E-state index in [1.54, 1.807) is 0 Å².